The zero-order valence-corrected chi connectivity index (χ0v) is 12.3. The molecular formula is C13H30N2O2. The van der Waals surface area contributed by atoms with Gasteiger partial charge in [0.15, 0.2) is 0 Å². The monoisotopic (exact) mass is 246 g/mol. The molecule has 4 heteroatoms. The molecule has 0 radical (unpaired) electrons. The van der Waals surface area contributed by atoms with Gasteiger partial charge in [-0.15, -0.1) is 0 Å². The highest BCUT2D eigenvalue weighted by molar-refractivity contribution is 4.95. The first-order valence-electron chi connectivity index (χ1n) is 6.46. The Bertz CT molecular complexity index is 202. The standard InChI is InChI=1S/C13H30N2O2/c1-7-11(2)15(8-9-16-5)13(4,10-14)12(3)17-6/h11-12H,7-10,14H2,1-6H3. The molecule has 0 rings (SSSR count). The lowest BCUT2D eigenvalue weighted by Gasteiger charge is -2.47. The Balaban J connectivity index is 4.94. The molecule has 0 aliphatic carbocycles. The zero-order chi connectivity index (χ0) is 13.5. The second kappa shape index (κ2) is 8.03. The molecule has 0 aliphatic rings. The highest BCUT2D eigenvalue weighted by Gasteiger charge is 2.38. The number of nitrogens with zero attached hydrogens (tertiary/aromatic N) is 1. The maximum absolute atomic E-state index is 5.99. The summed E-state index contributed by atoms with van der Waals surface area (Å²) in [5.41, 5.74) is 5.84. The molecule has 2 N–H and O–H groups in total. The van der Waals surface area contributed by atoms with Crippen molar-refractivity contribution in [2.45, 2.75) is 51.8 Å². The second-order valence-electron chi connectivity index (χ2n) is 4.88. The van der Waals surface area contributed by atoms with Crippen molar-refractivity contribution in [1.29, 1.82) is 0 Å². The van der Waals surface area contributed by atoms with Crippen LogP contribution in [0.4, 0.5) is 0 Å². The van der Waals surface area contributed by atoms with Crippen LogP contribution in [0.25, 0.3) is 0 Å². The lowest BCUT2D eigenvalue weighted by molar-refractivity contribution is -0.0563. The van der Waals surface area contributed by atoms with E-state index in [0.29, 0.717) is 12.6 Å². The molecule has 0 fully saturated rings. The fraction of sp³-hybridized carbons (Fsp3) is 1.00. The largest absolute Gasteiger partial charge is 0.383 e. The van der Waals surface area contributed by atoms with Gasteiger partial charge in [0.25, 0.3) is 0 Å². The fourth-order valence-electron chi connectivity index (χ4n) is 2.16. The molecule has 0 heterocycles. The van der Waals surface area contributed by atoms with E-state index in [4.69, 9.17) is 15.2 Å². The SMILES string of the molecule is CCC(C)N(CCOC)C(C)(CN)C(C)OC. The van der Waals surface area contributed by atoms with E-state index in [-0.39, 0.29) is 11.6 Å². The van der Waals surface area contributed by atoms with Crippen LogP contribution in [0.3, 0.4) is 0 Å². The summed E-state index contributed by atoms with van der Waals surface area (Å²) >= 11 is 0. The van der Waals surface area contributed by atoms with E-state index in [0.717, 1.165) is 19.6 Å². The van der Waals surface area contributed by atoms with Gasteiger partial charge in [0.1, 0.15) is 0 Å². The Hall–Kier alpha value is -0.160. The second-order valence-corrected chi connectivity index (χ2v) is 4.88. The molecule has 0 spiro atoms. The van der Waals surface area contributed by atoms with Crippen molar-refractivity contribution in [1.82, 2.24) is 4.90 Å². The molecule has 4 nitrogen and oxygen atoms in total. The Labute approximate surface area is 106 Å². The van der Waals surface area contributed by atoms with E-state index < -0.39 is 0 Å². The van der Waals surface area contributed by atoms with Crippen LogP contribution in [0.2, 0.25) is 0 Å². The zero-order valence-electron chi connectivity index (χ0n) is 12.3. The number of hydrogen-bond donors (Lipinski definition) is 1. The van der Waals surface area contributed by atoms with Crippen molar-refractivity contribution < 1.29 is 9.47 Å². The molecule has 3 atom stereocenters. The lowest BCUT2D eigenvalue weighted by atomic mass is 9.91. The van der Waals surface area contributed by atoms with Crippen LogP contribution in [0.1, 0.15) is 34.1 Å². The third kappa shape index (κ3) is 4.21. The van der Waals surface area contributed by atoms with Crippen LogP contribution < -0.4 is 5.73 Å². The molecule has 0 bridgehead atoms. The first kappa shape index (κ1) is 16.8. The molecule has 0 aromatic heterocycles. The van der Waals surface area contributed by atoms with Crippen LogP contribution in [0, 0.1) is 0 Å². The lowest BCUT2D eigenvalue weighted by Crippen LogP contribution is -2.62. The van der Waals surface area contributed by atoms with Crippen LogP contribution in [-0.4, -0.2) is 56.5 Å². The summed E-state index contributed by atoms with van der Waals surface area (Å²) in [7, 11) is 3.47. The van der Waals surface area contributed by atoms with Crippen molar-refractivity contribution >= 4 is 0 Å². The van der Waals surface area contributed by atoms with Gasteiger partial charge in [-0.2, -0.15) is 0 Å². The molecule has 0 saturated heterocycles. The van der Waals surface area contributed by atoms with Gasteiger partial charge in [0.05, 0.1) is 18.2 Å². The number of hydrogen-bond acceptors (Lipinski definition) is 4. The van der Waals surface area contributed by atoms with Gasteiger partial charge in [0, 0.05) is 33.4 Å². The van der Waals surface area contributed by atoms with Gasteiger partial charge < -0.3 is 15.2 Å². The number of ether oxygens (including phenoxy) is 2. The van der Waals surface area contributed by atoms with E-state index >= 15 is 0 Å². The minimum Gasteiger partial charge on any atom is -0.383 e. The van der Waals surface area contributed by atoms with Crippen LogP contribution in [-0.2, 0) is 9.47 Å². The van der Waals surface area contributed by atoms with E-state index in [2.05, 4.69) is 32.6 Å². The summed E-state index contributed by atoms with van der Waals surface area (Å²) in [4.78, 5) is 2.41. The Morgan fingerprint density at radius 3 is 2.24 bits per heavy atom. The van der Waals surface area contributed by atoms with Crippen LogP contribution in [0.5, 0.6) is 0 Å². The Kier molecular flexibility index (Phi) is 7.96. The third-order valence-electron chi connectivity index (χ3n) is 3.96. The normalized spacial score (nSPS) is 19.1. The van der Waals surface area contributed by atoms with E-state index in [9.17, 15) is 0 Å². The first-order valence-corrected chi connectivity index (χ1v) is 6.46. The number of methoxy groups -OCH3 is 2. The molecule has 0 aromatic rings. The maximum atomic E-state index is 5.99. The van der Waals surface area contributed by atoms with E-state index in [1.807, 2.05) is 0 Å². The van der Waals surface area contributed by atoms with Crippen molar-refractivity contribution in [2.24, 2.45) is 5.73 Å². The van der Waals surface area contributed by atoms with Crippen molar-refractivity contribution in [3.8, 4) is 0 Å². The van der Waals surface area contributed by atoms with Crippen molar-refractivity contribution in [3.05, 3.63) is 0 Å². The van der Waals surface area contributed by atoms with Crippen molar-refractivity contribution in [3.63, 3.8) is 0 Å². The summed E-state index contributed by atoms with van der Waals surface area (Å²) in [6, 6.07) is 0.469. The van der Waals surface area contributed by atoms with Gasteiger partial charge in [-0.1, -0.05) is 6.92 Å². The Morgan fingerprint density at radius 1 is 1.29 bits per heavy atom. The average Bonchev–Trinajstić information content (AvgIpc) is 2.36. The van der Waals surface area contributed by atoms with Gasteiger partial charge in [0.2, 0.25) is 0 Å². The molecule has 17 heavy (non-hydrogen) atoms. The molecule has 104 valence electrons. The first-order chi connectivity index (χ1) is 7.97. The maximum Gasteiger partial charge on any atom is 0.0736 e. The smallest absolute Gasteiger partial charge is 0.0736 e. The van der Waals surface area contributed by atoms with Gasteiger partial charge >= 0.3 is 0 Å². The predicted octanol–water partition coefficient (Wildman–Crippen LogP) is 1.49. The molecule has 3 unspecified atom stereocenters. The molecule has 0 aliphatic heterocycles. The van der Waals surface area contributed by atoms with Gasteiger partial charge in [-0.05, 0) is 27.2 Å². The highest BCUT2D eigenvalue weighted by Crippen LogP contribution is 2.24. The quantitative estimate of drug-likeness (QED) is 0.669. The highest BCUT2D eigenvalue weighted by atomic mass is 16.5. The van der Waals surface area contributed by atoms with Gasteiger partial charge in [-0.3, -0.25) is 4.90 Å². The summed E-state index contributed by atoms with van der Waals surface area (Å²) in [6.07, 6.45) is 1.19. The number of nitrogens with two attached hydrogens (primary N) is 1. The average molecular weight is 246 g/mol. The summed E-state index contributed by atoms with van der Waals surface area (Å²) in [6.45, 7) is 10.8. The summed E-state index contributed by atoms with van der Waals surface area (Å²) in [5.74, 6) is 0. The fourth-order valence-corrected chi connectivity index (χ4v) is 2.16. The summed E-state index contributed by atoms with van der Waals surface area (Å²) < 4.78 is 10.7. The van der Waals surface area contributed by atoms with E-state index in [1.165, 1.54) is 0 Å². The Morgan fingerprint density at radius 2 is 1.88 bits per heavy atom. The number of rotatable bonds is 9. The van der Waals surface area contributed by atoms with E-state index in [1.54, 1.807) is 14.2 Å². The van der Waals surface area contributed by atoms with Crippen LogP contribution >= 0.6 is 0 Å². The van der Waals surface area contributed by atoms with Crippen LogP contribution in [0.15, 0.2) is 0 Å². The third-order valence-corrected chi connectivity index (χ3v) is 3.96. The van der Waals surface area contributed by atoms with Crippen molar-refractivity contribution in [2.75, 3.05) is 33.9 Å². The molecule has 0 amide bonds. The minimum atomic E-state index is -0.150. The summed E-state index contributed by atoms with van der Waals surface area (Å²) in [5, 5.41) is 0. The molecule has 0 aromatic carbocycles. The predicted molar refractivity (Wildman–Crippen MR) is 72.3 cm³/mol. The molecular weight excluding hydrogens is 216 g/mol. The minimum absolute atomic E-state index is 0.0957. The molecule has 0 saturated carbocycles. The topological polar surface area (TPSA) is 47.7 Å². The van der Waals surface area contributed by atoms with Gasteiger partial charge in [-0.25, -0.2) is 0 Å².